The van der Waals surface area contributed by atoms with Crippen LogP contribution < -0.4 is 5.73 Å². The van der Waals surface area contributed by atoms with Gasteiger partial charge in [-0.3, -0.25) is 0 Å². The van der Waals surface area contributed by atoms with E-state index < -0.39 is 5.67 Å². The van der Waals surface area contributed by atoms with Crippen molar-refractivity contribution < 1.29 is 4.39 Å². The fraction of sp³-hybridized carbons (Fsp3) is 1.00. The molecule has 2 aliphatic carbocycles. The SMILES string of the molecule is NC1(CCC2(F)CC2)CC1. The van der Waals surface area contributed by atoms with Crippen LogP contribution in [0.25, 0.3) is 0 Å². The van der Waals surface area contributed by atoms with Crippen molar-refractivity contribution >= 4 is 0 Å². The Kier molecular flexibility index (Phi) is 1.14. The Morgan fingerprint density at radius 2 is 1.70 bits per heavy atom. The van der Waals surface area contributed by atoms with Gasteiger partial charge in [-0.15, -0.1) is 0 Å². The van der Waals surface area contributed by atoms with Gasteiger partial charge >= 0.3 is 0 Å². The maximum Gasteiger partial charge on any atom is 0.111 e. The maximum atomic E-state index is 13.0. The number of nitrogens with two attached hydrogens (primary N) is 1. The molecule has 0 saturated heterocycles. The summed E-state index contributed by atoms with van der Waals surface area (Å²) in [4.78, 5) is 0. The largest absolute Gasteiger partial charge is 0.325 e. The van der Waals surface area contributed by atoms with E-state index >= 15 is 0 Å². The minimum absolute atomic E-state index is 0.0572. The second-order valence-corrected chi connectivity index (χ2v) is 4.01. The van der Waals surface area contributed by atoms with Crippen molar-refractivity contribution in [2.45, 2.75) is 49.7 Å². The fourth-order valence-corrected chi connectivity index (χ4v) is 1.27. The molecule has 2 fully saturated rings. The normalized spacial score (nSPS) is 31.8. The molecule has 2 aliphatic rings. The number of alkyl halides is 1. The highest BCUT2D eigenvalue weighted by molar-refractivity contribution is 5.03. The van der Waals surface area contributed by atoms with Gasteiger partial charge in [0, 0.05) is 5.54 Å². The first kappa shape index (κ1) is 6.59. The third kappa shape index (κ3) is 1.31. The summed E-state index contributed by atoms with van der Waals surface area (Å²) in [5.74, 6) is 0. The molecule has 0 spiro atoms. The van der Waals surface area contributed by atoms with E-state index in [2.05, 4.69) is 0 Å². The molecule has 58 valence electrons. The van der Waals surface area contributed by atoms with Crippen molar-refractivity contribution in [3.05, 3.63) is 0 Å². The van der Waals surface area contributed by atoms with E-state index in [0.29, 0.717) is 6.42 Å². The second-order valence-electron chi connectivity index (χ2n) is 4.01. The zero-order valence-corrected chi connectivity index (χ0v) is 6.20. The van der Waals surface area contributed by atoms with Crippen molar-refractivity contribution in [1.29, 1.82) is 0 Å². The highest BCUT2D eigenvalue weighted by Gasteiger charge is 2.46. The molecule has 1 nitrogen and oxygen atoms in total. The number of hydrogen-bond acceptors (Lipinski definition) is 1. The van der Waals surface area contributed by atoms with E-state index in [4.69, 9.17) is 5.73 Å². The van der Waals surface area contributed by atoms with Crippen molar-refractivity contribution in [2.24, 2.45) is 5.73 Å². The molecule has 0 aromatic rings. The average molecular weight is 143 g/mol. The predicted octanol–water partition coefficient (Wildman–Crippen LogP) is 1.76. The summed E-state index contributed by atoms with van der Waals surface area (Å²) >= 11 is 0. The van der Waals surface area contributed by atoms with Crippen molar-refractivity contribution in [3.8, 4) is 0 Å². The van der Waals surface area contributed by atoms with Gasteiger partial charge in [-0.25, -0.2) is 4.39 Å². The van der Waals surface area contributed by atoms with Crippen LogP contribution in [0.15, 0.2) is 0 Å². The standard InChI is InChI=1S/C8H14FN/c9-7(1-2-7)3-4-8(10)5-6-8/h1-6,10H2. The number of hydrogen-bond donors (Lipinski definition) is 1. The van der Waals surface area contributed by atoms with Crippen LogP contribution in [0.2, 0.25) is 0 Å². The lowest BCUT2D eigenvalue weighted by Crippen LogP contribution is -2.23. The first-order valence-corrected chi connectivity index (χ1v) is 4.10. The van der Waals surface area contributed by atoms with Crippen LogP contribution in [0, 0.1) is 0 Å². The molecule has 0 aliphatic heterocycles. The summed E-state index contributed by atoms with van der Waals surface area (Å²) in [6.07, 6.45) is 5.41. The monoisotopic (exact) mass is 143 g/mol. The Morgan fingerprint density at radius 1 is 1.10 bits per heavy atom. The minimum atomic E-state index is -0.783. The van der Waals surface area contributed by atoms with Crippen molar-refractivity contribution in [1.82, 2.24) is 0 Å². The molecular weight excluding hydrogens is 129 g/mol. The fourth-order valence-electron chi connectivity index (χ4n) is 1.27. The summed E-state index contributed by atoms with van der Waals surface area (Å²) in [6, 6.07) is 0. The van der Waals surface area contributed by atoms with Crippen LogP contribution in [0.4, 0.5) is 4.39 Å². The third-order valence-corrected chi connectivity index (χ3v) is 2.76. The highest BCUT2D eigenvalue weighted by atomic mass is 19.1. The summed E-state index contributed by atoms with van der Waals surface area (Å²) in [5, 5.41) is 0. The van der Waals surface area contributed by atoms with Crippen LogP contribution in [0.3, 0.4) is 0 Å². The molecule has 0 aromatic heterocycles. The molecule has 2 saturated carbocycles. The summed E-state index contributed by atoms with van der Waals surface area (Å²) in [5.41, 5.74) is 5.09. The van der Waals surface area contributed by atoms with Gasteiger partial charge in [0.25, 0.3) is 0 Å². The zero-order valence-electron chi connectivity index (χ0n) is 6.20. The first-order valence-electron chi connectivity index (χ1n) is 4.10. The topological polar surface area (TPSA) is 26.0 Å². The maximum absolute atomic E-state index is 13.0. The molecule has 0 radical (unpaired) electrons. The van der Waals surface area contributed by atoms with Crippen LogP contribution in [0.5, 0.6) is 0 Å². The molecule has 2 N–H and O–H groups in total. The minimum Gasteiger partial charge on any atom is -0.325 e. The molecular formula is C8H14FN. The second kappa shape index (κ2) is 1.73. The molecule has 2 heteroatoms. The molecule has 2 rings (SSSR count). The van der Waals surface area contributed by atoms with Gasteiger partial charge in [-0.05, 0) is 38.5 Å². The third-order valence-electron chi connectivity index (χ3n) is 2.76. The van der Waals surface area contributed by atoms with Crippen LogP contribution >= 0.6 is 0 Å². The van der Waals surface area contributed by atoms with Gasteiger partial charge in [-0.1, -0.05) is 0 Å². The number of halogens is 1. The Balaban J connectivity index is 1.72. The number of rotatable bonds is 3. The van der Waals surface area contributed by atoms with Crippen LogP contribution in [0.1, 0.15) is 38.5 Å². The van der Waals surface area contributed by atoms with Gasteiger partial charge in [-0.2, -0.15) is 0 Å². The van der Waals surface area contributed by atoms with E-state index in [1.165, 1.54) is 0 Å². The Bertz CT molecular complexity index is 129. The van der Waals surface area contributed by atoms with E-state index in [1.54, 1.807) is 0 Å². The molecule has 0 amide bonds. The van der Waals surface area contributed by atoms with E-state index in [1.807, 2.05) is 0 Å². The summed E-state index contributed by atoms with van der Waals surface area (Å²) < 4.78 is 13.0. The molecule has 0 bridgehead atoms. The molecule has 0 aromatic carbocycles. The Labute approximate surface area is 60.8 Å². The Morgan fingerprint density at radius 3 is 2.10 bits per heavy atom. The lowest BCUT2D eigenvalue weighted by Gasteiger charge is -2.09. The predicted molar refractivity (Wildman–Crippen MR) is 38.5 cm³/mol. The van der Waals surface area contributed by atoms with Gasteiger partial charge in [0.05, 0.1) is 0 Å². The lowest BCUT2D eigenvalue weighted by molar-refractivity contribution is 0.273. The van der Waals surface area contributed by atoms with Gasteiger partial charge < -0.3 is 5.73 Å². The van der Waals surface area contributed by atoms with Crippen molar-refractivity contribution in [2.75, 3.05) is 0 Å². The smallest absolute Gasteiger partial charge is 0.111 e. The quantitative estimate of drug-likeness (QED) is 0.640. The van der Waals surface area contributed by atoms with Crippen LogP contribution in [-0.2, 0) is 0 Å². The molecule has 0 heterocycles. The van der Waals surface area contributed by atoms with E-state index in [0.717, 1.165) is 32.1 Å². The van der Waals surface area contributed by atoms with E-state index in [9.17, 15) is 4.39 Å². The summed E-state index contributed by atoms with van der Waals surface area (Å²) in [6.45, 7) is 0. The molecule has 0 atom stereocenters. The molecule has 0 unspecified atom stereocenters. The summed E-state index contributed by atoms with van der Waals surface area (Å²) in [7, 11) is 0. The van der Waals surface area contributed by atoms with Crippen molar-refractivity contribution in [3.63, 3.8) is 0 Å². The highest BCUT2D eigenvalue weighted by Crippen LogP contribution is 2.47. The van der Waals surface area contributed by atoms with Gasteiger partial charge in [0.15, 0.2) is 0 Å². The average Bonchev–Trinajstić information content (AvgIpc) is 2.72. The Hall–Kier alpha value is -0.110. The van der Waals surface area contributed by atoms with E-state index in [-0.39, 0.29) is 5.54 Å². The zero-order chi connectivity index (χ0) is 7.24. The van der Waals surface area contributed by atoms with Gasteiger partial charge in [0.2, 0.25) is 0 Å². The van der Waals surface area contributed by atoms with Crippen LogP contribution in [-0.4, -0.2) is 11.2 Å². The molecule has 10 heavy (non-hydrogen) atoms. The van der Waals surface area contributed by atoms with Gasteiger partial charge in [0.1, 0.15) is 5.67 Å². The lowest BCUT2D eigenvalue weighted by atomic mass is 10.1. The first-order chi connectivity index (χ1) is 4.62.